The van der Waals surface area contributed by atoms with Gasteiger partial charge in [-0.05, 0) is 46.3 Å². The average molecular weight is 342 g/mol. The van der Waals surface area contributed by atoms with E-state index in [9.17, 15) is 4.79 Å². The molecule has 1 N–H and O–H groups in total. The molecular weight excluding hydrogens is 332 g/mol. The molecule has 0 aliphatic heterocycles. The van der Waals surface area contributed by atoms with Crippen molar-refractivity contribution in [2.45, 2.75) is 0 Å². The lowest BCUT2D eigenvalue weighted by Gasteiger charge is -2.08. The summed E-state index contributed by atoms with van der Waals surface area (Å²) >= 11 is 9.10. The molecule has 1 aromatic carbocycles. The molecular formula is C13H10BrClN2O2. The van der Waals surface area contributed by atoms with Gasteiger partial charge in [-0.1, -0.05) is 11.6 Å². The maximum Gasteiger partial charge on any atom is 0.255 e. The van der Waals surface area contributed by atoms with Crippen LogP contribution >= 0.6 is 27.5 Å². The van der Waals surface area contributed by atoms with Crippen molar-refractivity contribution in [1.82, 2.24) is 4.98 Å². The summed E-state index contributed by atoms with van der Waals surface area (Å²) in [5.41, 5.74) is 1.11. The largest absolute Gasteiger partial charge is 0.496 e. The highest BCUT2D eigenvalue weighted by atomic mass is 79.9. The second kappa shape index (κ2) is 6.04. The Kier molecular flexibility index (Phi) is 4.39. The van der Waals surface area contributed by atoms with Crippen LogP contribution in [0.2, 0.25) is 5.15 Å². The first-order valence-corrected chi connectivity index (χ1v) is 6.53. The molecule has 0 saturated carbocycles. The van der Waals surface area contributed by atoms with E-state index in [0.717, 1.165) is 4.47 Å². The van der Waals surface area contributed by atoms with Crippen LogP contribution in [0.15, 0.2) is 41.0 Å². The Morgan fingerprint density at radius 1 is 1.37 bits per heavy atom. The number of methoxy groups -OCH3 is 1. The van der Waals surface area contributed by atoms with Crippen LogP contribution in [-0.4, -0.2) is 18.0 Å². The normalized spacial score (nSPS) is 10.1. The van der Waals surface area contributed by atoms with Gasteiger partial charge < -0.3 is 10.1 Å². The van der Waals surface area contributed by atoms with E-state index in [1.54, 1.807) is 31.4 Å². The standard InChI is InChI=1S/C13H10BrClN2O2/c1-19-11-3-2-9(7-10(11)14)17-13(18)8-4-5-16-12(15)6-8/h2-7H,1H3,(H,17,18). The minimum Gasteiger partial charge on any atom is -0.496 e. The van der Waals surface area contributed by atoms with Gasteiger partial charge in [-0.25, -0.2) is 4.98 Å². The average Bonchev–Trinajstić information content (AvgIpc) is 2.39. The molecule has 0 fully saturated rings. The quantitative estimate of drug-likeness (QED) is 0.865. The van der Waals surface area contributed by atoms with Crippen LogP contribution in [0.4, 0.5) is 5.69 Å². The van der Waals surface area contributed by atoms with Crippen LogP contribution in [-0.2, 0) is 0 Å². The van der Waals surface area contributed by atoms with Gasteiger partial charge in [0.1, 0.15) is 10.9 Å². The fourth-order valence-electron chi connectivity index (χ4n) is 1.49. The van der Waals surface area contributed by atoms with E-state index in [2.05, 4.69) is 26.2 Å². The van der Waals surface area contributed by atoms with E-state index in [4.69, 9.17) is 16.3 Å². The fraction of sp³-hybridized carbons (Fsp3) is 0.0769. The van der Waals surface area contributed by atoms with Crippen LogP contribution < -0.4 is 10.1 Å². The van der Waals surface area contributed by atoms with Crippen LogP contribution in [0.1, 0.15) is 10.4 Å². The summed E-state index contributed by atoms with van der Waals surface area (Å²) in [7, 11) is 1.58. The fourth-order valence-corrected chi connectivity index (χ4v) is 2.21. The van der Waals surface area contributed by atoms with Crippen molar-refractivity contribution in [3.8, 4) is 5.75 Å². The number of pyridine rings is 1. The summed E-state index contributed by atoms with van der Waals surface area (Å²) < 4.78 is 5.88. The van der Waals surface area contributed by atoms with Crippen LogP contribution in [0, 0.1) is 0 Å². The Labute approximate surface area is 123 Å². The van der Waals surface area contributed by atoms with E-state index < -0.39 is 0 Å². The summed E-state index contributed by atoms with van der Waals surface area (Å²) in [6, 6.07) is 8.39. The molecule has 0 unspecified atom stereocenters. The molecule has 0 aliphatic carbocycles. The smallest absolute Gasteiger partial charge is 0.255 e. The first-order chi connectivity index (χ1) is 9.10. The summed E-state index contributed by atoms with van der Waals surface area (Å²) in [5.74, 6) is 0.450. The van der Waals surface area contributed by atoms with Crippen LogP contribution in [0.25, 0.3) is 0 Å². The molecule has 0 bridgehead atoms. The van der Waals surface area contributed by atoms with Gasteiger partial charge in [0, 0.05) is 17.4 Å². The van der Waals surface area contributed by atoms with E-state index in [-0.39, 0.29) is 11.1 Å². The number of ether oxygens (including phenoxy) is 1. The highest BCUT2D eigenvalue weighted by Gasteiger charge is 2.08. The zero-order valence-corrected chi connectivity index (χ0v) is 12.3. The van der Waals surface area contributed by atoms with E-state index in [1.165, 1.54) is 12.3 Å². The number of nitrogens with zero attached hydrogens (tertiary/aromatic N) is 1. The number of hydrogen-bond donors (Lipinski definition) is 1. The van der Waals surface area contributed by atoms with Crippen LogP contribution in [0.3, 0.4) is 0 Å². The molecule has 0 aliphatic rings. The molecule has 1 amide bonds. The number of nitrogens with one attached hydrogen (secondary N) is 1. The predicted molar refractivity (Wildman–Crippen MR) is 77.9 cm³/mol. The number of anilines is 1. The van der Waals surface area contributed by atoms with Crippen molar-refractivity contribution in [3.05, 3.63) is 51.7 Å². The monoisotopic (exact) mass is 340 g/mol. The molecule has 4 nitrogen and oxygen atoms in total. The number of halogens is 2. The van der Waals surface area contributed by atoms with Crippen molar-refractivity contribution in [3.63, 3.8) is 0 Å². The number of carbonyl (C=O) groups excluding carboxylic acids is 1. The number of rotatable bonds is 3. The van der Waals surface area contributed by atoms with Crippen molar-refractivity contribution in [1.29, 1.82) is 0 Å². The van der Waals surface area contributed by atoms with Gasteiger partial charge in [0.15, 0.2) is 0 Å². The first-order valence-electron chi connectivity index (χ1n) is 5.36. The topological polar surface area (TPSA) is 51.2 Å². The van der Waals surface area contributed by atoms with Crippen molar-refractivity contribution < 1.29 is 9.53 Å². The third-order valence-electron chi connectivity index (χ3n) is 2.40. The highest BCUT2D eigenvalue weighted by Crippen LogP contribution is 2.27. The number of carbonyl (C=O) groups is 1. The molecule has 6 heteroatoms. The maximum atomic E-state index is 12.0. The number of amides is 1. The second-order valence-corrected chi connectivity index (χ2v) is 4.91. The molecule has 0 radical (unpaired) electrons. The number of aromatic nitrogens is 1. The molecule has 2 aromatic rings. The molecule has 98 valence electrons. The van der Waals surface area contributed by atoms with Gasteiger partial charge in [0.05, 0.1) is 11.6 Å². The lowest BCUT2D eigenvalue weighted by molar-refractivity contribution is 0.102. The van der Waals surface area contributed by atoms with Gasteiger partial charge in [-0.2, -0.15) is 0 Å². The Morgan fingerprint density at radius 3 is 2.79 bits per heavy atom. The molecule has 19 heavy (non-hydrogen) atoms. The van der Waals surface area contributed by atoms with E-state index in [0.29, 0.717) is 17.0 Å². The molecule has 2 rings (SSSR count). The predicted octanol–water partition coefficient (Wildman–Crippen LogP) is 3.76. The highest BCUT2D eigenvalue weighted by molar-refractivity contribution is 9.10. The van der Waals surface area contributed by atoms with Gasteiger partial charge in [-0.15, -0.1) is 0 Å². The Hall–Kier alpha value is -1.59. The second-order valence-electron chi connectivity index (χ2n) is 3.67. The van der Waals surface area contributed by atoms with Gasteiger partial charge in [-0.3, -0.25) is 4.79 Å². The zero-order valence-electron chi connectivity index (χ0n) is 9.98. The maximum absolute atomic E-state index is 12.0. The number of hydrogen-bond acceptors (Lipinski definition) is 3. The van der Waals surface area contributed by atoms with Crippen molar-refractivity contribution in [2.24, 2.45) is 0 Å². The SMILES string of the molecule is COc1ccc(NC(=O)c2ccnc(Cl)c2)cc1Br. The van der Waals surface area contributed by atoms with E-state index >= 15 is 0 Å². The minimum absolute atomic E-state index is 0.249. The summed E-state index contributed by atoms with van der Waals surface area (Å²) in [6.07, 6.45) is 1.49. The summed E-state index contributed by atoms with van der Waals surface area (Å²) in [4.78, 5) is 15.8. The van der Waals surface area contributed by atoms with Gasteiger partial charge in [0.25, 0.3) is 5.91 Å². The minimum atomic E-state index is -0.249. The van der Waals surface area contributed by atoms with Gasteiger partial charge in [0.2, 0.25) is 0 Å². The van der Waals surface area contributed by atoms with Gasteiger partial charge >= 0.3 is 0 Å². The molecule has 1 heterocycles. The lowest BCUT2D eigenvalue weighted by atomic mass is 10.2. The molecule has 0 spiro atoms. The Balaban J connectivity index is 2.17. The lowest BCUT2D eigenvalue weighted by Crippen LogP contribution is -2.12. The Bertz CT molecular complexity index is 619. The van der Waals surface area contributed by atoms with Crippen molar-refractivity contribution >= 4 is 39.1 Å². The van der Waals surface area contributed by atoms with E-state index in [1.807, 2.05) is 0 Å². The zero-order chi connectivity index (χ0) is 13.8. The summed E-state index contributed by atoms with van der Waals surface area (Å²) in [6.45, 7) is 0. The Morgan fingerprint density at radius 2 is 2.16 bits per heavy atom. The summed E-state index contributed by atoms with van der Waals surface area (Å²) in [5, 5.41) is 3.05. The molecule has 0 atom stereocenters. The third-order valence-corrected chi connectivity index (χ3v) is 3.22. The van der Waals surface area contributed by atoms with Crippen molar-refractivity contribution in [2.75, 3.05) is 12.4 Å². The first kappa shape index (κ1) is 13.8. The van der Waals surface area contributed by atoms with Crippen LogP contribution in [0.5, 0.6) is 5.75 Å². The molecule has 1 aromatic heterocycles. The number of benzene rings is 1. The third kappa shape index (κ3) is 3.45. The molecule has 0 saturated heterocycles.